The lowest BCUT2D eigenvalue weighted by atomic mass is 10.0. The molecule has 2 aromatic rings. The minimum atomic E-state index is -4.00. The zero-order chi connectivity index (χ0) is 22.6. The third-order valence-corrected chi connectivity index (χ3v) is 6.07. The highest BCUT2D eigenvalue weighted by Crippen LogP contribution is 2.32. The van der Waals surface area contributed by atoms with E-state index in [0.717, 1.165) is 0 Å². The maximum absolute atomic E-state index is 12.9. The molecule has 0 aliphatic carbocycles. The molecule has 2 N–H and O–H groups in total. The maximum Gasteiger partial charge on any atom is 0.337 e. The summed E-state index contributed by atoms with van der Waals surface area (Å²) in [5.41, 5.74) is 0.752. The van der Waals surface area contributed by atoms with Crippen molar-refractivity contribution < 1.29 is 32.2 Å². The number of rotatable bonds is 7. The van der Waals surface area contributed by atoms with Crippen LogP contribution in [0.1, 0.15) is 24.2 Å². The second kappa shape index (κ2) is 9.36. The van der Waals surface area contributed by atoms with Crippen LogP contribution in [-0.2, 0) is 19.6 Å². The van der Waals surface area contributed by atoms with E-state index in [0.29, 0.717) is 36.0 Å². The number of carbonyl (C=O) groups is 2. The second-order valence-corrected chi connectivity index (χ2v) is 8.92. The van der Waals surface area contributed by atoms with E-state index in [2.05, 4.69) is 14.8 Å². The highest BCUT2D eigenvalue weighted by atomic mass is 32.2. The van der Waals surface area contributed by atoms with Crippen molar-refractivity contribution in [1.82, 2.24) is 4.72 Å². The van der Waals surface area contributed by atoms with E-state index < -0.39 is 27.9 Å². The smallest absolute Gasteiger partial charge is 0.337 e. The Morgan fingerprint density at radius 3 is 2.26 bits per heavy atom. The Balaban J connectivity index is 1.75. The van der Waals surface area contributed by atoms with Crippen molar-refractivity contribution in [2.24, 2.45) is 5.92 Å². The summed E-state index contributed by atoms with van der Waals surface area (Å²) in [6.07, 6.45) is 0. The molecule has 1 amide bonds. The number of amides is 1. The predicted molar refractivity (Wildman–Crippen MR) is 113 cm³/mol. The van der Waals surface area contributed by atoms with Crippen LogP contribution >= 0.6 is 0 Å². The van der Waals surface area contributed by atoms with Gasteiger partial charge in [-0.1, -0.05) is 13.8 Å². The van der Waals surface area contributed by atoms with Crippen molar-refractivity contribution in [2.75, 3.05) is 25.6 Å². The van der Waals surface area contributed by atoms with Crippen LogP contribution in [0.3, 0.4) is 0 Å². The molecule has 0 fully saturated rings. The number of hydrogen-bond donors (Lipinski definition) is 2. The van der Waals surface area contributed by atoms with Gasteiger partial charge in [0.05, 0.1) is 17.6 Å². The van der Waals surface area contributed by atoms with Gasteiger partial charge in [0, 0.05) is 11.8 Å². The van der Waals surface area contributed by atoms with Crippen LogP contribution in [0, 0.1) is 5.92 Å². The summed E-state index contributed by atoms with van der Waals surface area (Å²) < 4.78 is 43.8. The van der Waals surface area contributed by atoms with Gasteiger partial charge in [0.25, 0.3) is 0 Å². The molecule has 31 heavy (non-hydrogen) atoms. The Kier molecular flexibility index (Phi) is 6.81. The topological polar surface area (TPSA) is 120 Å². The summed E-state index contributed by atoms with van der Waals surface area (Å²) in [7, 11) is -2.73. The first-order valence-corrected chi connectivity index (χ1v) is 11.1. The molecule has 1 aliphatic heterocycles. The quantitative estimate of drug-likeness (QED) is 0.623. The lowest BCUT2D eigenvalue weighted by Crippen LogP contribution is -2.47. The van der Waals surface area contributed by atoms with E-state index in [1.165, 1.54) is 49.6 Å². The number of nitrogens with one attached hydrogen (secondary N) is 2. The number of anilines is 1. The maximum atomic E-state index is 12.9. The van der Waals surface area contributed by atoms with E-state index in [1.807, 2.05) is 0 Å². The number of carbonyl (C=O) groups excluding carboxylic acids is 2. The lowest BCUT2D eigenvalue weighted by Gasteiger charge is -2.23. The van der Waals surface area contributed by atoms with E-state index in [-0.39, 0.29) is 10.8 Å². The zero-order valence-electron chi connectivity index (χ0n) is 17.4. The van der Waals surface area contributed by atoms with Crippen LogP contribution in [0.15, 0.2) is 47.4 Å². The molecule has 1 aliphatic rings. The summed E-state index contributed by atoms with van der Waals surface area (Å²) in [5, 5.41) is 2.67. The largest absolute Gasteiger partial charge is 0.486 e. The number of ether oxygens (including phenoxy) is 3. The second-order valence-electron chi connectivity index (χ2n) is 7.21. The average Bonchev–Trinajstić information content (AvgIpc) is 2.76. The molecular formula is C21H24N2O7S. The third-order valence-electron chi connectivity index (χ3n) is 4.63. The summed E-state index contributed by atoms with van der Waals surface area (Å²) in [6, 6.07) is 9.35. The minimum Gasteiger partial charge on any atom is -0.486 e. The van der Waals surface area contributed by atoms with Crippen LogP contribution in [0.5, 0.6) is 11.5 Å². The van der Waals surface area contributed by atoms with Gasteiger partial charge in [-0.2, -0.15) is 4.72 Å². The van der Waals surface area contributed by atoms with E-state index in [4.69, 9.17) is 9.47 Å². The molecule has 0 aromatic heterocycles. The number of methoxy groups -OCH3 is 1. The summed E-state index contributed by atoms with van der Waals surface area (Å²) in [4.78, 5) is 24.3. The Hall–Kier alpha value is -3.11. The number of esters is 1. The summed E-state index contributed by atoms with van der Waals surface area (Å²) in [5.74, 6) is -0.544. The normalized spacial score (nSPS) is 14.1. The molecular weight excluding hydrogens is 424 g/mol. The molecule has 0 saturated heterocycles. The lowest BCUT2D eigenvalue weighted by molar-refractivity contribution is -0.118. The fourth-order valence-corrected chi connectivity index (χ4v) is 4.30. The number of hydrogen-bond acceptors (Lipinski definition) is 7. The molecule has 3 rings (SSSR count). The van der Waals surface area contributed by atoms with Crippen LogP contribution < -0.4 is 19.5 Å². The van der Waals surface area contributed by atoms with Gasteiger partial charge >= 0.3 is 5.97 Å². The standard InChI is InChI=1S/C21H24N2O7S/c1-13(2)19(20(24)22-15-6-4-14(5-7-15)21(25)28-3)23-31(26,27)16-8-9-17-18(12-16)30-11-10-29-17/h4-9,12-13,19,23H,10-11H2,1-3H3,(H,22,24)/t19-/m0/s1. The highest BCUT2D eigenvalue weighted by Gasteiger charge is 2.29. The van der Waals surface area contributed by atoms with Crippen molar-refractivity contribution in [3.05, 3.63) is 48.0 Å². The average molecular weight is 448 g/mol. The van der Waals surface area contributed by atoms with Gasteiger partial charge in [-0.3, -0.25) is 4.79 Å². The molecule has 166 valence electrons. The molecule has 2 aromatic carbocycles. The van der Waals surface area contributed by atoms with Gasteiger partial charge in [0.15, 0.2) is 11.5 Å². The molecule has 10 heteroatoms. The summed E-state index contributed by atoms with van der Waals surface area (Å²) in [6.45, 7) is 4.19. The monoisotopic (exact) mass is 448 g/mol. The minimum absolute atomic E-state index is 0.0300. The van der Waals surface area contributed by atoms with E-state index >= 15 is 0 Å². The molecule has 0 spiro atoms. The van der Waals surface area contributed by atoms with Gasteiger partial charge < -0.3 is 19.5 Å². The van der Waals surface area contributed by atoms with Crippen LogP contribution in [0.4, 0.5) is 5.69 Å². The van der Waals surface area contributed by atoms with E-state index in [9.17, 15) is 18.0 Å². The number of sulfonamides is 1. The van der Waals surface area contributed by atoms with Crippen LogP contribution in [0.25, 0.3) is 0 Å². The van der Waals surface area contributed by atoms with Gasteiger partial charge in [-0.25, -0.2) is 13.2 Å². The van der Waals surface area contributed by atoms with Gasteiger partial charge in [-0.05, 0) is 42.3 Å². The van der Waals surface area contributed by atoms with Crippen LogP contribution in [0.2, 0.25) is 0 Å². The van der Waals surface area contributed by atoms with Crippen molar-refractivity contribution in [3.63, 3.8) is 0 Å². The molecule has 1 atom stereocenters. The van der Waals surface area contributed by atoms with Gasteiger partial charge in [0.1, 0.15) is 19.3 Å². The SMILES string of the molecule is COC(=O)c1ccc(NC(=O)[C@@H](NS(=O)(=O)c2ccc3c(c2)OCCO3)C(C)C)cc1. The number of benzene rings is 2. The van der Waals surface area contributed by atoms with Crippen molar-refractivity contribution in [1.29, 1.82) is 0 Å². The molecule has 1 heterocycles. The fraction of sp³-hybridized carbons (Fsp3) is 0.333. The predicted octanol–water partition coefficient (Wildman–Crippen LogP) is 2.19. The third kappa shape index (κ3) is 5.33. The zero-order valence-corrected chi connectivity index (χ0v) is 18.2. The Morgan fingerprint density at radius 2 is 1.65 bits per heavy atom. The Morgan fingerprint density at radius 1 is 1.00 bits per heavy atom. The molecule has 0 unspecified atom stereocenters. The summed E-state index contributed by atoms with van der Waals surface area (Å²) >= 11 is 0. The first-order chi connectivity index (χ1) is 14.7. The molecule has 0 saturated carbocycles. The first-order valence-electron chi connectivity index (χ1n) is 9.62. The fourth-order valence-electron chi connectivity index (χ4n) is 2.95. The highest BCUT2D eigenvalue weighted by molar-refractivity contribution is 7.89. The van der Waals surface area contributed by atoms with Crippen LogP contribution in [-0.4, -0.2) is 46.7 Å². The Labute approximate surface area is 180 Å². The molecule has 0 bridgehead atoms. The Bertz CT molecular complexity index is 1070. The van der Waals surface area contributed by atoms with Gasteiger partial charge in [0.2, 0.25) is 15.9 Å². The molecule has 0 radical (unpaired) electrons. The number of fused-ring (bicyclic) bond motifs is 1. The van der Waals surface area contributed by atoms with Gasteiger partial charge in [-0.15, -0.1) is 0 Å². The van der Waals surface area contributed by atoms with Crippen molar-refractivity contribution in [2.45, 2.75) is 24.8 Å². The van der Waals surface area contributed by atoms with E-state index in [1.54, 1.807) is 13.8 Å². The van der Waals surface area contributed by atoms with Crippen molar-refractivity contribution >= 4 is 27.6 Å². The first kappa shape index (κ1) is 22.6. The molecule has 9 nitrogen and oxygen atoms in total. The van der Waals surface area contributed by atoms with Crippen molar-refractivity contribution in [3.8, 4) is 11.5 Å².